The van der Waals surface area contributed by atoms with Gasteiger partial charge in [0, 0.05) is 22.6 Å². The second-order valence-corrected chi connectivity index (χ2v) is 8.40. The van der Waals surface area contributed by atoms with Gasteiger partial charge in [0.1, 0.15) is 0 Å². The normalized spacial score (nSPS) is 18.8. The molecular weight excluding hydrogens is 406 g/mol. The Kier molecular flexibility index (Phi) is 4.81. The van der Waals surface area contributed by atoms with E-state index < -0.39 is 11.5 Å². The van der Waals surface area contributed by atoms with Crippen LogP contribution in [-0.2, 0) is 10.4 Å². The van der Waals surface area contributed by atoms with E-state index in [0.29, 0.717) is 16.8 Å². The molecule has 0 saturated heterocycles. The predicted molar refractivity (Wildman–Crippen MR) is 111 cm³/mol. The number of carbonyl (C=O) groups excluding carboxylic acids is 2. The molecule has 142 valence electrons. The molecule has 3 rings (SSSR count). The largest absolute Gasteiger partial charge is 0.375 e. The lowest BCUT2D eigenvalue weighted by atomic mass is 9.82. The van der Waals surface area contributed by atoms with Gasteiger partial charge in [0.2, 0.25) is 0 Å². The fraction of sp³-hybridized carbons (Fsp3) is 0.364. The maximum Gasteiger partial charge on any atom is 0.263 e. The van der Waals surface area contributed by atoms with Gasteiger partial charge in [-0.1, -0.05) is 15.9 Å². The Morgan fingerprint density at radius 1 is 1.04 bits per heavy atom. The first-order valence-electron chi connectivity index (χ1n) is 8.91. The lowest BCUT2D eigenvalue weighted by Gasteiger charge is -2.24. The van der Waals surface area contributed by atoms with E-state index in [4.69, 9.17) is 0 Å². The van der Waals surface area contributed by atoms with Crippen molar-refractivity contribution in [3.05, 3.63) is 61.6 Å². The molecule has 0 fully saturated rings. The molecule has 1 heterocycles. The van der Waals surface area contributed by atoms with E-state index in [-0.39, 0.29) is 12.2 Å². The van der Waals surface area contributed by atoms with E-state index in [1.807, 2.05) is 33.8 Å². The maximum atomic E-state index is 13.3. The number of Topliss-reactive ketones (excluding diaryl/α,β-unsaturated/α-hetero) is 1. The third-order valence-electron chi connectivity index (χ3n) is 6.12. The van der Waals surface area contributed by atoms with Crippen molar-refractivity contribution in [3.8, 4) is 0 Å². The number of hydrogen-bond acceptors (Lipinski definition) is 3. The molecule has 27 heavy (non-hydrogen) atoms. The summed E-state index contributed by atoms with van der Waals surface area (Å²) < 4.78 is 0.754. The fourth-order valence-corrected chi connectivity index (χ4v) is 4.40. The molecule has 1 N–H and O–H groups in total. The lowest BCUT2D eigenvalue weighted by molar-refractivity contribution is -0.135. The van der Waals surface area contributed by atoms with Crippen molar-refractivity contribution in [2.24, 2.45) is 0 Å². The van der Waals surface area contributed by atoms with Crippen LogP contribution in [0.4, 0.5) is 5.69 Å². The SMILES string of the molecule is Cc1c(C)c(C)c(C(=O)CC2(O)C(=O)N(C)c3ccc(Br)cc32)c(C)c1C. The highest BCUT2D eigenvalue weighted by Crippen LogP contribution is 2.43. The van der Waals surface area contributed by atoms with E-state index >= 15 is 0 Å². The molecule has 1 atom stereocenters. The highest BCUT2D eigenvalue weighted by molar-refractivity contribution is 9.10. The minimum Gasteiger partial charge on any atom is -0.375 e. The number of rotatable bonds is 3. The molecule has 2 aromatic rings. The van der Waals surface area contributed by atoms with Crippen molar-refractivity contribution in [3.63, 3.8) is 0 Å². The number of likely N-dealkylation sites (N-methyl/N-ethyl adjacent to an activating group) is 1. The van der Waals surface area contributed by atoms with Gasteiger partial charge >= 0.3 is 0 Å². The number of halogens is 1. The van der Waals surface area contributed by atoms with Crippen LogP contribution in [0.2, 0.25) is 0 Å². The Hall–Kier alpha value is -1.98. The van der Waals surface area contributed by atoms with E-state index in [2.05, 4.69) is 22.9 Å². The van der Waals surface area contributed by atoms with Crippen LogP contribution in [0.3, 0.4) is 0 Å². The first kappa shape index (κ1) is 19.8. The van der Waals surface area contributed by atoms with Crippen molar-refractivity contribution in [2.45, 2.75) is 46.6 Å². The molecule has 0 spiro atoms. The van der Waals surface area contributed by atoms with Crippen molar-refractivity contribution in [2.75, 3.05) is 11.9 Å². The van der Waals surface area contributed by atoms with Gasteiger partial charge < -0.3 is 10.0 Å². The van der Waals surface area contributed by atoms with Crippen molar-refractivity contribution in [1.82, 2.24) is 0 Å². The number of hydrogen-bond donors (Lipinski definition) is 1. The molecule has 0 bridgehead atoms. The third-order valence-corrected chi connectivity index (χ3v) is 6.61. The molecule has 1 unspecified atom stereocenters. The van der Waals surface area contributed by atoms with Crippen LogP contribution in [-0.4, -0.2) is 23.8 Å². The van der Waals surface area contributed by atoms with Gasteiger partial charge in [-0.3, -0.25) is 9.59 Å². The van der Waals surface area contributed by atoms with Gasteiger partial charge in [-0.25, -0.2) is 0 Å². The summed E-state index contributed by atoms with van der Waals surface area (Å²) in [7, 11) is 1.62. The smallest absolute Gasteiger partial charge is 0.263 e. The van der Waals surface area contributed by atoms with Crippen LogP contribution in [0.15, 0.2) is 22.7 Å². The average molecular weight is 430 g/mol. The van der Waals surface area contributed by atoms with Crippen LogP contribution in [0.1, 0.15) is 50.2 Å². The van der Waals surface area contributed by atoms with Crippen LogP contribution >= 0.6 is 15.9 Å². The molecule has 2 aromatic carbocycles. The molecule has 0 saturated carbocycles. The fourth-order valence-electron chi connectivity index (χ4n) is 4.04. The van der Waals surface area contributed by atoms with Gasteiger partial charge in [0.15, 0.2) is 11.4 Å². The minimum atomic E-state index is -1.85. The first-order chi connectivity index (χ1) is 12.5. The predicted octanol–water partition coefficient (Wildman–Crippen LogP) is 4.43. The monoisotopic (exact) mass is 429 g/mol. The minimum absolute atomic E-state index is 0.215. The Balaban J connectivity index is 2.11. The summed E-state index contributed by atoms with van der Waals surface area (Å²) in [6, 6.07) is 5.31. The van der Waals surface area contributed by atoms with Gasteiger partial charge in [-0.05, 0) is 80.6 Å². The summed E-state index contributed by atoms with van der Waals surface area (Å²) in [5, 5.41) is 11.3. The molecule has 5 heteroatoms. The summed E-state index contributed by atoms with van der Waals surface area (Å²) in [5.74, 6) is -0.687. The Morgan fingerprint density at radius 3 is 2.11 bits per heavy atom. The number of fused-ring (bicyclic) bond motifs is 1. The Morgan fingerprint density at radius 2 is 1.56 bits per heavy atom. The van der Waals surface area contributed by atoms with Crippen molar-refractivity contribution >= 4 is 33.3 Å². The standard InChI is InChI=1S/C22H24BrNO3/c1-11-12(2)14(4)20(15(5)13(11)3)19(25)10-22(27)17-9-16(23)7-8-18(17)24(6)21(22)26/h7-9,27H,10H2,1-6H3. The summed E-state index contributed by atoms with van der Waals surface area (Å²) in [4.78, 5) is 27.5. The number of amides is 1. The number of benzene rings is 2. The molecule has 1 aliphatic heterocycles. The Labute approximate surface area is 168 Å². The second-order valence-electron chi connectivity index (χ2n) is 7.49. The van der Waals surface area contributed by atoms with Gasteiger partial charge in [0.05, 0.1) is 12.1 Å². The van der Waals surface area contributed by atoms with Gasteiger partial charge in [0.25, 0.3) is 5.91 Å². The van der Waals surface area contributed by atoms with Crippen LogP contribution in [0.5, 0.6) is 0 Å². The van der Waals surface area contributed by atoms with Gasteiger partial charge in [-0.2, -0.15) is 0 Å². The molecule has 4 nitrogen and oxygen atoms in total. The zero-order chi connectivity index (χ0) is 20.3. The summed E-state index contributed by atoms with van der Waals surface area (Å²) in [6.07, 6.45) is -0.275. The molecule has 0 radical (unpaired) electrons. The van der Waals surface area contributed by atoms with Crippen molar-refractivity contribution < 1.29 is 14.7 Å². The number of carbonyl (C=O) groups is 2. The van der Waals surface area contributed by atoms with Crippen molar-refractivity contribution in [1.29, 1.82) is 0 Å². The highest BCUT2D eigenvalue weighted by atomic mass is 79.9. The molecule has 1 aliphatic rings. The second kappa shape index (κ2) is 6.57. The molecular formula is C22H24BrNO3. The first-order valence-corrected chi connectivity index (χ1v) is 9.70. The van der Waals surface area contributed by atoms with E-state index in [9.17, 15) is 14.7 Å². The van der Waals surface area contributed by atoms with Crippen LogP contribution in [0, 0.1) is 34.6 Å². The highest BCUT2D eigenvalue weighted by Gasteiger charge is 2.50. The van der Waals surface area contributed by atoms with Crippen LogP contribution < -0.4 is 4.90 Å². The topological polar surface area (TPSA) is 57.6 Å². The van der Waals surface area contributed by atoms with Gasteiger partial charge in [-0.15, -0.1) is 0 Å². The number of aliphatic hydroxyl groups is 1. The quantitative estimate of drug-likeness (QED) is 0.734. The maximum absolute atomic E-state index is 13.3. The average Bonchev–Trinajstić information content (AvgIpc) is 2.79. The summed E-state index contributed by atoms with van der Waals surface area (Å²) >= 11 is 3.39. The zero-order valence-electron chi connectivity index (χ0n) is 16.5. The molecule has 0 aromatic heterocycles. The zero-order valence-corrected chi connectivity index (χ0v) is 18.1. The number of nitrogens with zero attached hydrogens (tertiary/aromatic N) is 1. The Bertz CT molecular complexity index is 967. The molecule has 0 aliphatic carbocycles. The number of anilines is 1. The lowest BCUT2D eigenvalue weighted by Crippen LogP contribution is -2.40. The summed E-state index contributed by atoms with van der Waals surface area (Å²) in [5.41, 5.74) is 5.01. The molecule has 1 amide bonds. The van der Waals surface area contributed by atoms with E-state index in [0.717, 1.165) is 26.7 Å². The summed E-state index contributed by atoms with van der Waals surface area (Å²) in [6.45, 7) is 9.92. The van der Waals surface area contributed by atoms with E-state index in [1.54, 1.807) is 19.2 Å². The van der Waals surface area contributed by atoms with Crippen LogP contribution in [0.25, 0.3) is 0 Å². The number of ketones is 1. The third kappa shape index (κ3) is 2.84. The van der Waals surface area contributed by atoms with E-state index in [1.165, 1.54) is 10.5 Å².